The van der Waals surface area contributed by atoms with Crippen molar-refractivity contribution < 1.29 is 24.5 Å². The van der Waals surface area contributed by atoms with Crippen molar-refractivity contribution in [3.8, 4) is 11.1 Å². The van der Waals surface area contributed by atoms with Crippen molar-refractivity contribution in [3.05, 3.63) is 41.5 Å². The van der Waals surface area contributed by atoms with E-state index in [0.717, 1.165) is 0 Å². The van der Waals surface area contributed by atoms with Crippen molar-refractivity contribution in [2.45, 2.75) is 24.5 Å². The Kier molecular flexibility index (Phi) is 3.50. The van der Waals surface area contributed by atoms with Crippen LogP contribution in [0, 0.1) is 0 Å². The first-order chi connectivity index (χ1) is 11.6. The van der Waals surface area contributed by atoms with Gasteiger partial charge in [0, 0.05) is 17.3 Å². The molecule has 0 aromatic carbocycles. The van der Waals surface area contributed by atoms with Crippen LogP contribution in [0.3, 0.4) is 0 Å². The number of aromatic nitrogens is 3. The van der Waals surface area contributed by atoms with Crippen molar-refractivity contribution in [1.29, 1.82) is 0 Å². The molecule has 1 aliphatic rings. The summed E-state index contributed by atoms with van der Waals surface area (Å²) in [6.45, 7) is -0.434. The van der Waals surface area contributed by atoms with Crippen LogP contribution in [0.25, 0.3) is 22.2 Å². The standard InChI is InChI=1S/C15H15N3O6/c19-4-9-11(20)12(21)15(24-9)18-3-8(7-1-2-23-5-7)10-13(18)16-6-17-14(10)22/h1-3,5-6,9,11-12,15,19-21H,4H2,(H,16,17,22)/t9-,11-,12-,15-/m1/s1. The SMILES string of the molecule is O=c1[nH]cnc2c1c(-c1ccoc1)cn2[C@@H]1O[C@H](CO)[C@@H](O)[C@H]1O. The maximum absolute atomic E-state index is 12.3. The fourth-order valence-corrected chi connectivity index (χ4v) is 3.03. The lowest BCUT2D eigenvalue weighted by Crippen LogP contribution is -2.33. The molecule has 24 heavy (non-hydrogen) atoms. The summed E-state index contributed by atoms with van der Waals surface area (Å²) >= 11 is 0. The van der Waals surface area contributed by atoms with Gasteiger partial charge in [-0.15, -0.1) is 0 Å². The number of furan rings is 1. The first kappa shape index (κ1) is 15.1. The molecular formula is C15H15N3O6. The molecule has 0 bridgehead atoms. The van der Waals surface area contributed by atoms with Gasteiger partial charge in [-0.25, -0.2) is 4.98 Å². The number of nitrogens with one attached hydrogen (secondary N) is 1. The molecule has 9 heteroatoms. The van der Waals surface area contributed by atoms with E-state index in [0.29, 0.717) is 22.2 Å². The topological polar surface area (TPSA) is 134 Å². The molecule has 0 aliphatic carbocycles. The Morgan fingerprint density at radius 2 is 2.17 bits per heavy atom. The van der Waals surface area contributed by atoms with Crippen LogP contribution in [0.15, 0.2) is 40.3 Å². The summed E-state index contributed by atoms with van der Waals surface area (Å²) in [4.78, 5) is 18.9. The van der Waals surface area contributed by atoms with Gasteiger partial charge in [0.1, 0.15) is 24.0 Å². The summed E-state index contributed by atoms with van der Waals surface area (Å²) in [7, 11) is 0. The number of nitrogens with zero attached hydrogens (tertiary/aromatic N) is 2. The molecule has 4 N–H and O–H groups in total. The highest BCUT2D eigenvalue weighted by molar-refractivity contribution is 5.93. The zero-order chi connectivity index (χ0) is 16.8. The highest BCUT2D eigenvalue weighted by Crippen LogP contribution is 2.35. The van der Waals surface area contributed by atoms with Crippen molar-refractivity contribution in [2.24, 2.45) is 0 Å². The largest absolute Gasteiger partial charge is 0.472 e. The van der Waals surface area contributed by atoms with Gasteiger partial charge >= 0.3 is 0 Å². The zero-order valence-corrected chi connectivity index (χ0v) is 12.4. The molecule has 1 aliphatic heterocycles. The number of aromatic amines is 1. The molecule has 1 fully saturated rings. The quantitative estimate of drug-likeness (QED) is 0.512. The lowest BCUT2D eigenvalue weighted by atomic mass is 10.1. The van der Waals surface area contributed by atoms with E-state index in [-0.39, 0.29) is 5.56 Å². The molecule has 4 atom stereocenters. The molecule has 9 nitrogen and oxygen atoms in total. The molecule has 0 spiro atoms. The van der Waals surface area contributed by atoms with Crippen LogP contribution in [0.1, 0.15) is 6.23 Å². The van der Waals surface area contributed by atoms with Gasteiger partial charge in [0.05, 0.1) is 30.8 Å². The fraction of sp³-hybridized carbons (Fsp3) is 0.333. The van der Waals surface area contributed by atoms with Gasteiger partial charge in [-0.05, 0) is 6.07 Å². The number of ether oxygens (including phenoxy) is 1. The summed E-state index contributed by atoms with van der Waals surface area (Å²) in [5.41, 5.74) is 1.18. The summed E-state index contributed by atoms with van der Waals surface area (Å²) in [5.74, 6) is 0. The number of aliphatic hydroxyl groups excluding tert-OH is 3. The Hall–Kier alpha value is -2.46. The Balaban J connectivity index is 1.91. The van der Waals surface area contributed by atoms with E-state index >= 15 is 0 Å². The Bertz CT molecular complexity index is 915. The van der Waals surface area contributed by atoms with Gasteiger partial charge in [0.2, 0.25) is 0 Å². The van der Waals surface area contributed by atoms with Crippen LogP contribution in [-0.4, -0.2) is 54.8 Å². The number of hydrogen-bond acceptors (Lipinski definition) is 7. The van der Waals surface area contributed by atoms with E-state index in [1.165, 1.54) is 23.4 Å². The predicted molar refractivity (Wildman–Crippen MR) is 81.1 cm³/mol. The van der Waals surface area contributed by atoms with Gasteiger partial charge < -0.3 is 34.0 Å². The molecule has 0 unspecified atom stereocenters. The van der Waals surface area contributed by atoms with E-state index < -0.39 is 31.1 Å². The van der Waals surface area contributed by atoms with E-state index in [4.69, 9.17) is 9.15 Å². The second kappa shape index (κ2) is 5.56. The summed E-state index contributed by atoms with van der Waals surface area (Å²) in [5, 5.41) is 29.8. The van der Waals surface area contributed by atoms with Gasteiger partial charge in [-0.3, -0.25) is 4.79 Å². The molecule has 3 aromatic heterocycles. The second-order valence-corrected chi connectivity index (χ2v) is 5.62. The van der Waals surface area contributed by atoms with Crippen LogP contribution in [0.5, 0.6) is 0 Å². The van der Waals surface area contributed by atoms with Gasteiger partial charge in [-0.2, -0.15) is 0 Å². The molecule has 3 aromatic rings. The number of aliphatic hydroxyl groups is 3. The zero-order valence-electron chi connectivity index (χ0n) is 12.4. The van der Waals surface area contributed by atoms with Gasteiger partial charge in [0.15, 0.2) is 6.23 Å². The lowest BCUT2D eigenvalue weighted by Gasteiger charge is -2.17. The Labute approximate surface area is 134 Å². The summed E-state index contributed by atoms with van der Waals surface area (Å²) in [6, 6.07) is 1.70. The predicted octanol–water partition coefficient (Wildman–Crippen LogP) is -0.404. The van der Waals surface area contributed by atoms with Crippen LogP contribution >= 0.6 is 0 Å². The molecular weight excluding hydrogens is 318 g/mol. The highest BCUT2D eigenvalue weighted by atomic mass is 16.6. The minimum atomic E-state index is -1.27. The first-order valence-corrected chi connectivity index (χ1v) is 7.35. The maximum atomic E-state index is 12.3. The number of hydrogen-bond donors (Lipinski definition) is 4. The molecule has 0 amide bonds. The molecule has 126 valence electrons. The van der Waals surface area contributed by atoms with Crippen molar-refractivity contribution in [3.63, 3.8) is 0 Å². The van der Waals surface area contributed by atoms with Crippen LogP contribution in [-0.2, 0) is 4.74 Å². The van der Waals surface area contributed by atoms with E-state index in [9.17, 15) is 20.1 Å². The van der Waals surface area contributed by atoms with Crippen LogP contribution < -0.4 is 5.56 Å². The highest BCUT2D eigenvalue weighted by Gasteiger charge is 2.44. The van der Waals surface area contributed by atoms with Gasteiger partial charge in [-0.1, -0.05) is 0 Å². The monoisotopic (exact) mass is 333 g/mol. The smallest absolute Gasteiger partial charge is 0.260 e. The Morgan fingerprint density at radius 1 is 1.33 bits per heavy atom. The average molecular weight is 333 g/mol. The summed E-state index contributed by atoms with van der Waals surface area (Å²) in [6.07, 6.45) is 1.43. The lowest BCUT2D eigenvalue weighted by molar-refractivity contribution is -0.0508. The Morgan fingerprint density at radius 3 is 2.83 bits per heavy atom. The van der Waals surface area contributed by atoms with E-state index in [1.807, 2.05) is 0 Å². The van der Waals surface area contributed by atoms with E-state index in [1.54, 1.807) is 12.3 Å². The number of rotatable bonds is 3. The van der Waals surface area contributed by atoms with Crippen LogP contribution in [0.4, 0.5) is 0 Å². The fourth-order valence-electron chi connectivity index (χ4n) is 3.03. The van der Waals surface area contributed by atoms with Crippen molar-refractivity contribution >= 4 is 11.0 Å². The molecule has 4 heterocycles. The normalized spacial score (nSPS) is 27.1. The third-order valence-electron chi connectivity index (χ3n) is 4.24. The van der Waals surface area contributed by atoms with Gasteiger partial charge in [0.25, 0.3) is 5.56 Å². The third kappa shape index (κ3) is 2.10. The number of H-pyrrole nitrogens is 1. The minimum Gasteiger partial charge on any atom is -0.472 e. The third-order valence-corrected chi connectivity index (χ3v) is 4.24. The minimum absolute atomic E-state index is 0.296. The molecule has 4 rings (SSSR count). The van der Waals surface area contributed by atoms with Crippen molar-refractivity contribution in [1.82, 2.24) is 14.5 Å². The molecule has 0 saturated carbocycles. The first-order valence-electron chi connectivity index (χ1n) is 7.35. The molecule has 0 radical (unpaired) electrons. The average Bonchev–Trinajstić information content (AvgIpc) is 3.28. The maximum Gasteiger partial charge on any atom is 0.260 e. The van der Waals surface area contributed by atoms with Crippen LogP contribution in [0.2, 0.25) is 0 Å². The van der Waals surface area contributed by atoms with E-state index in [2.05, 4.69) is 9.97 Å². The summed E-state index contributed by atoms with van der Waals surface area (Å²) < 4.78 is 12.1. The second-order valence-electron chi connectivity index (χ2n) is 5.62. The number of fused-ring (bicyclic) bond motifs is 1. The van der Waals surface area contributed by atoms with Crippen molar-refractivity contribution in [2.75, 3.05) is 6.61 Å². The molecule has 1 saturated heterocycles.